The Hall–Kier alpha value is -1.14. The highest BCUT2D eigenvalue weighted by atomic mass is 79.9. The molecule has 0 aliphatic carbocycles. The summed E-state index contributed by atoms with van der Waals surface area (Å²) in [7, 11) is 0. The van der Waals surface area contributed by atoms with E-state index in [9.17, 15) is 4.79 Å². The maximum absolute atomic E-state index is 12.1. The summed E-state index contributed by atoms with van der Waals surface area (Å²) in [6, 6.07) is 7.59. The number of hydrogen-bond acceptors (Lipinski definition) is 2. The number of hydrogen-bond donors (Lipinski definition) is 0. The Morgan fingerprint density at radius 1 is 1.56 bits per heavy atom. The molecule has 3 heteroatoms. The first-order chi connectivity index (χ1) is 7.60. The fourth-order valence-corrected chi connectivity index (χ4v) is 2.11. The maximum Gasteiger partial charge on any atom is 0.180 e. The predicted molar refractivity (Wildman–Crippen MR) is 67.2 cm³/mol. The first-order valence-corrected chi connectivity index (χ1v) is 6.09. The van der Waals surface area contributed by atoms with Crippen LogP contribution in [-0.4, -0.2) is 5.78 Å². The summed E-state index contributed by atoms with van der Waals surface area (Å²) in [6.07, 6.45) is 1.48. The molecule has 1 unspecified atom stereocenters. The normalized spacial score (nSPS) is 11.9. The van der Waals surface area contributed by atoms with Gasteiger partial charge in [-0.3, -0.25) is 4.79 Å². The Kier molecular flexibility index (Phi) is 4.70. The molecule has 1 rings (SSSR count). The van der Waals surface area contributed by atoms with Crippen molar-refractivity contribution in [3.63, 3.8) is 0 Å². The van der Waals surface area contributed by atoms with E-state index in [1.807, 2.05) is 26.0 Å². The van der Waals surface area contributed by atoms with Crippen LogP contribution in [0.1, 0.15) is 35.7 Å². The number of nitriles is 1. The van der Waals surface area contributed by atoms with E-state index < -0.39 is 5.92 Å². The van der Waals surface area contributed by atoms with E-state index in [0.29, 0.717) is 12.0 Å². The van der Waals surface area contributed by atoms with Crippen molar-refractivity contribution in [3.05, 3.63) is 33.8 Å². The molecular weight excluding hydrogens is 266 g/mol. The van der Waals surface area contributed by atoms with Gasteiger partial charge >= 0.3 is 0 Å². The zero-order valence-electron chi connectivity index (χ0n) is 9.46. The number of carbonyl (C=O) groups is 1. The SMILES string of the molecule is CCCC(C#N)C(=O)c1ccc(Br)cc1C. The van der Waals surface area contributed by atoms with Crippen LogP contribution in [-0.2, 0) is 0 Å². The van der Waals surface area contributed by atoms with Crippen molar-refractivity contribution in [2.45, 2.75) is 26.7 Å². The minimum absolute atomic E-state index is 0.0608. The van der Waals surface area contributed by atoms with Crippen LogP contribution in [0.25, 0.3) is 0 Å². The second-order valence-electron chi connectivity index (χ2n) is 3.79. The van der Waals surface area contributed by atoms with E-state index in [-0.39, 0.29) is 5.78 Å². The second-order valence-corrected chi connectivity index (χ2v) is 4.71. The van der Waals surface area contributed by atoms with Crippen molar-refractivity contribution < 1.29 is 4.79 Å². The lowest BCUT2D eigenvalue weighted by atomic mass is 9.92. The largest absolute Gasteiger partial charge is 0.293 e. The van der Waals surface area contributed by atoms with E-state index in [4.69, 9.17) is 5.26 Å². The standard InChI is InChI=1S/C13H14BrNO/c1-3-4-10(8-15)13(16)12-6-5-11(14)7-9(12)2/h5-7,10H,3-4H2,1-2H3. The molecule has 0 bridgehead atoms. The topological polar surface area (TPSA) is 40.9 Å². The first kappa shape index (κ1) is 12.9. The number of carbonyl (C=O) groups excluding carboxylic acids is 1. The van der Waals surface area contributed by atoms with E-state index in [1.54, 1.807) is 6.07 Å². The van der Waals surface area contributed by atoms with Gasteiger partial charge in [0.15, 0.2) is 5.78 Å². The number of halogens is 1. The van der Waals surface area contributed by atoms with Crippen molar-refractivity contribution in [2.75, 3.05) is 0 Å². The summed E-state index contributed by atoms with van der Waals surface area (Å²) < 4.78 is 0.950. The van der Waals surface area contributed by atoms with Crippen molar-refractivity contribution in [3.8, 4) is 6.07 Å². The highest BCUT2D eigenvalue weighted by Gasteiger charge is 2.20. The van der Waals surface area contributed by atoms with E-state index in [2.05, 4.69) is 22.0 Å². The minimum Gasteiger partial charge on any atom is -0.293 e. The average molecular weight is 280 g/mol. The Bertz CT molecular complexity index is 434. The van der Waals surface area contributed by atoms with Crippen molar-refractivity contribution in [1.82, 2.24) is 0 Å². The van der Waals surface area contributed by atoms with Gasteiger partial charge in [-0.05, 0) is 37.1 Å². The molecule has 0 aromatic heterocycles. The summed E-state index contributed by atoms with van der Waals surface area (Å²) in [6.45, 7) is 3.87. The zero-order chi connectivity index (χ0) is 12.1. The molecule has 2 nitrogen and oxygen atoms in total. The van der Waals surface area contributed by atoms with Crippen LogP contribution in [0.3, 0.4) is 0 Å². The van der Waals surface area contributed by atoms with Crippen molar-refractivity contribution in [2.24, 2.45) is 5.92 Å². The molecule has 0 aliphatic rings. The lowest BCUT2D eigenvalue weighted by Crippen LogP contribution is -2.14. The molecule has 84 valence electrons. The van der Waals surface area contributed by atoms with Crippen LogP contribution >= 0.6 is 15.9 Å². The van der Waals surface area contributed by atoms with E-state index in [0.717, 1.165) is 16.5 Å². The van der Waals surface area contributed by atoms with Gasteiger partial charge in [0.25, 0.3) is 0 Å². The summed E-state index contributed by atoms with van der Waals surface area (Å²) in [4.78, 5) is 12.1. The monoisotopic (exact) mass is 279 g/mol. The van der Waals surface area contributed by atoms with Gasteiger partial charge in [0, 0.05) is 10.0 Å². The Balaban J connectivity index is 3.00. The van der Waals surface area contributed by atoms with Gasteiger partial charge in [-0.25, -0.2) is 0 Å². The number of ketones is 1. The third kappa shape index (κ3) is 2.93. The summed E-state index contributed by atoms with van der Waals surface area (Å²) in [5.41, 5.74) is 1.57. The van der Waals surface area contributed by atoms with E-state index in [1.165, 1.54) is 0 Å². The van der Waals surface area contributed by atoms with Crippen LogP contribution in [0.4, 0.5) is 0 Å². The molecule has 0 saturated carbocycles. The quantitative estimate of drug-likeness (QED) is 0.785. The van der Waals surface area contributed by atoms with Gasteiger partial charge in [-0.1, -0.05) is 29.3 Å². The number of aryl methyl sites for hydroxylation is 1. The van der Waals surface area contributed by atoms with Crippen LogP contribution < -0.4 is 0 Å². The highest BCUT2D eigenvalue weighted by Crippen LogP contribution is 2.20. The molecule has 0 saturated heterocycles. The third-order valence-corrected chi connectivity index (χ3v) is 3.00. The predicted octanol–water partition coefficient (Wildman–Crippen LogP) is 3.88. The van der Waals surface area contributed by atoms with E-state index >= 15 is 0 Å². The first-order valence-electron chi connectivity index (χ1n) is 5.30. The van der Waals surface area contributed by atoms with Crippen molar-refractivity contribution >= 4 is 21.7 Å². The molecule has 0 amide bonds. The van der Waals surface area contributed by atoms with Crippen LogP contribution in [0.15, 0.2) is 22.7 Å². The molecule has 0 fully saturated rings. The molecule has 16 heavy (non-hydrogen) atoms. The average Bonchev–Trinajstić information content (AvgIpc) is 2.25. The Labute approximate surface area is 104 Å². The van der Waals surface area contributed by atoms with Crippen LogP contribution in [0.2, 0.25) is 0 Å². The molecular formula is C13H14BrNO. The molecule has 0 radical (unpaired) electrons. The van der Waals surface area contributed by atoms with Gasteiger partial charge in [0.2, 0.25) is 0 Å². The van der Waals surface area contributed by atoms with Crippen molar-refractivity contribution in [1.29, 1.82) is 5.26 Å². The lowest BCUT2D eigenvalue weighted by Gasteiger charge is -2.09. The number of benzene rings is 1. The van der Waals surface area contributed by atoms with Gasteiger partial charge in [-0.2, -0.15) is 5.26 Å². The number of Topliss-reactive ketones (excluding diaryl/α,β-unsaturated/α-hetero) is 1. The smallest absolute Gasteiger partial charge is 0.180 e. The Morgan fingerprint density at radius 3 is 2.75 bits per heavy atom. The van der Waals surface area contributed by atoms with Crippen LogP contribution in [0, 0.1) is 24.2 Å². The number of nitrogens with zero attached hydrogens (tertiary/aromatic N) is 1. The third-order valence-electron chi connectivity index (χ3n) is 2.50. The fourth-order valence-electron chi connectivity index (χ4n) is 1.63. The molecule has 1 aromatic rings. The second kappa shape index (κ2) is 5.81. The van der Waals surface area contributed by atoms with Crippen LogP contribution in [0.5, 0.6) is 0 Å². The zero-order valence-corrected chi connectivity index (χ0v) is 11.0. The molecule has 0 heterocycles. The molecule has 0 aliphatic heterocycles. The highest BCUT2D eigenvalue weighted by molar-refractivity contribution is 9.10. The molecule has 1 aromatic carbocycles. The fraction of sp³-hybridized carbons (Fsp3) is 0.385. The molecule has 0 spiro atoms. The minimum atomic E-state index is -0.509. The molecule has 1 atom stereocenters. The molecule has 0 N–H and O–H groups in total. The van der Waals surface area contributed by atoms with Gasteiger partial charge in [0.05, 0.1) is 6.07 Å². The summed E-state index contributed by atoms with van der Waals surface area (Å²) in [5.74, 6) is -0.570. The number of rotatable bonds is 4. The van der Waals surface area contributed by atoms with Gasteiger partial charge in [-0.15, -0.1) is 0 Å². The maximum atomic E-state index is 12.1. The summed E-state index contributed by atoms with van der Waals surface area (Å²) in [5, 5.41) is 8.95. The van der Waals surface area contributed by atoms with Gasteiger partial charge in [0.1, 0.15) is 5.92 Å². The summed E-state index contributed by atoms with van der Waals surface area (Å²) >= 11 is 3.35. The van der Waals surface area contributed by atoms with Gasteiger partial charge < -0.3 is 0 Å². The lowest BCUT2D eigenvalue weighted by molar-refractivity contribution is 0.0943. The Morgan fingerprint density at radius 2 is 2.25 bits per heavy atom.